The second-order valence-corrected chi connectivity index (χ2v) is 8.49. The van der Waals surface area contributed by atoms with Crippen molar-refractivity contribution >= 4 is 33.8 Å². The van der Waals surface area contributed by atoms with E-state index >= 15 is 0 Å². The number of hydrogen-bond acceptors (Lipinski definition) is 3. The predicted molar refractivity (Wildman–Crippen MR) is 106 cm³/mol. The number of amides is 4. The molecule has 1 atom stereocenters. The van der Waals surface area contributed by atoms with Crippen molar-refractivity contribution in [3.8, 4) is 0 Å². The lowest BCUT2D eigenvalue weighted by Gasteiger charge is -2.30. The molecule has 1 heterocycles. The maximum absolute atomic E-state index is 12.7. The zero-order valence-electron chi connectivity index (χ0n) is 15.6. The SMILES string of the molecule is CC(Cc1ccc(Br)cc1)NC(=O)CCN1C(=O)NC2(CCCCC2)C1=O. The third-order valence-corrected chi connectivity index (χ3v) is 5.91. The third kappa shape index (κ3) is 4.69. The maximum atomic E-state index is 12.7. The topological polar surface area (TPSA) is 78.5 Å². The molecule has 1 unspecified atom stereocenters. The van der Waals surface area contributed by atoms with Gasteiger partial charge in [-0.2, -0.15) is 0 Å². The van der Waals surface area contributed by atoms with E-state index in [1.165, 1.54) is 4.90 Å². The summed E-state index contributed by atoms with van der Waals surface area (Å²) in [5, 5.41) is 5.82. The summed E-state index contributed by atoms with van der Waals surface area (Å²) in [6.07, 6.45) is 5.26. The van der Waals surface area contributed by atoms with Crippen molar-refractivity contribution in [2.24, 2.45) is 0 Å². The minimum atomic E-state index is -0.722. The fraction of sp³-hybridized carbons (Fsp3) is 0.550. The number of imide groups is 1. The van der Waals surface area contributed by atoms with Gasteiger partial charge in [-0.25, -0.2) is 4.79 Å². The number of benzene rings is 1. The first kappa shape index (κ1) is 19.9. The Labute approximate surface area is 168 Å². The first-order valence-electron chi connectivity index (χ1n) is 9.57. The van der Waals surface area contributed by atoms with Crippen LogP contribution in [0, 0.1) is 0 Å². The Morgan fingerprint density at radius 1 is 1.22 bits per heavy atom. The Morgan fingerprint density at radius 3 is 2.56 bits per heavy atom. The van der Waals surface area contributed by atoms with Gasteiger partial charge in [0.05, 0.1) is 0 Å². The van der Waals surface area contributed by atoms with Gasteiger partial charge in [0, 0.05) is 23.5 Å². The third-order valence-electron chi connectivity index (χ3n) is 5.38. The van der Waals surface area contributed by atoms with Gasteiger partial charge in [0.15, 0.2) is 0 Å². The molecule has 146 valence electrons. The van der Waals surface area contributed by atoms with E-state index in [4.69, 9.17) is 0 Å². The van der Waals surface area contributed by atoms with Gasteiger partial charge in [0.2, 0.25) is 5.91 Å². The van der Waals surface area contributed by atoms with Crippen LogP contribution in [0.2, 0.25) is 0 Å². The van der Waals surface area contributed by atoms with Gasteiger partial charge < -0.3 is 10.6 Å². The Balaban J connectivity index is 1.47. The molecule has 1 spiro atoms. The lowest BCUT2D eigenvalue weighted by Crippen LogP contribution is -2.48. The zero-order valence-corrected chi connectivity index (χ0v) is 17.2. The summed E-state index contributed by atoms with van der Waals surface area (Å²) in [6.45, 7) is 2.08. The highest BCUT2D eigenvalue weighted by Gasteiger charge is 2.51. The molecule has 1 saturated carbocycles. The van der Waals surface area contributed by atoms with Crippen LogP contribution in [0.4, 0.5) is 4.79 Å². The van der Waals surface area contributed by atoms with Crippen molar-refractivity contribution in [1.29, 1.82) is 0 Å². The number of hydrogen-bond donors (Lipinski definition) is 2. The minimum Gasteiger partial charge on any atom is -0.353 e. The molecule has 0 aromatic heterocycles. The van der Waals surface area contributed by atoms with Crippen LogP contribution in [0.25, 0.3) is 0 Å². The van der Waals surface area contributed by atoms with E-state index in [0.29, 0.717) is 12.8 Å². The second-order valence-electron chi connectivity index (χ2n) is 7.58. The highest BCUT2D eigenvalue weighted by molar-refractivity contribution is 9.10. The predicted octanol–water partition coefficient (Wildman–Crippen LogP) is 3.14. The lowest BCUT2D eigenvalue weighted by molar-refractivity contribution is -0.132. The van der Waals surface area contributed by atoms with E-state index in [9.17, 15) is 14.4 Å². The average molecular weight is 436 g/mol. The van der Waals surface area contributed by atoms with Crippen LogP contribution in [0.5, 0.6) is 0 Å². The van der Waals surface area contributed by atoms with Gasteiger partial charge in [0.1, 0.15) is 5.54 Å². The van der Waals surface area contributed by atoms with Gasteiger partial charge in [-0.1, -0.05) is 47.3 Å². The Bertz CT molecular complexity index is 714. The molecular weight excluding hydrogens is 410 g/mol. The molecule has 2 N–H and O–H groups in total. The minimum absolute atomic E-state index is 0.0218. The summed E-state index contributed by atoms with van der Waals surface area (Å²) in [5.74, 6) is -0.312. The number of urea groups is 1. The molecule has 1 saturated heterocycles. The molecule has 1 aromatic carbocycles. The molecule has 0 radical (unpaired) electrons. The van der Waals surface area contributed by atoms with Gasteiger partial charge in [-0.3, -0.25) is 14.5 Å². The normalized spacial score (nSPS) is 19.9. The highest BCUT2D eigenvalue weighted by Crippen LogP contribution is 2.33. The smallest absolute Gasteiger partial charge is 0.325 e. The van der Waals surface area contributed by atoms with Crippen LogP contribution in [0.1, 0.15) is 51.0 Å². The standard InChI is InChI=1S/C20H26BrN3O3/c1-14(13-15-5-7-16(21)8-6-15)22-17(25)9-12-24-18(26)20(23-19(24)27)10-3-2-4-11-20/h5-8,14H,2-4,9-13H2,1H3,(H,22,25)(H,23,27). The van der Waals surface area contributed by atoms with Gasteiger partial charge in [-0.15, -0.1) is 0 Å². The maximum Gasteiger partial charge on any atom is 0.325 e. The fourth-order valence-electron chi connectivity index (χ4n) is 3.96. The quantitative estimate of drug-likeness (QED) is 0.673. The van der Waals surface area contributed by atoms with Crippen LogP contribution in [-0.4, -0.2) is 40.9 Å². The van der Waals surface area contributed by atoms with E-state index in [2.05, 4.69) is 26.6 Å². The molecule has 7 heteroatoms. The molecule has 1 aliphatic heterocycles. The first-order chi connectivity index (χ1) is 12.9. The number of carbonyl (C=O) groups excluding carboxylic acids is 3. The van der Waals surface area contributed by atoms with Gasteiger partial charge in [0.25, 0.3) is 5.91 Å². The number of rotatable bonds is 6. The Kier molecular flexibility index (Phi) is 6.19. The van der Waals surface area contributed by atoms with Gasteiger partial charge in [-0.05, 0) is 43.9 Å². The summed E-state index contributed by atoms with van der Waals surface area (Å²) in [5.41, 5.74) is 0.417. The molecule has 2 aliphatic rings. The first-order valence-corrected chi connectivity index (χ1v) is 10.4. The van der Waals surface area contributed by atoms with Crippen LogP contribution >= 0.6 is 15.9 Å². The van der Waals surface area contributed by atoms with Crippen LogP contribution < -0.4 is 10.6 Å². The molecule has 3 rings (SSSR count). The number of nitrogens with zero attached hydrogens (tertiary/aromatic N) is 1. The molecule has 1 aromatic rings. The van der Waals surface area contributed by atoms with Crippen LogP contribution in [0.15, 0.2) is 28.7 Å². The summed E-state index contributed by atoms with van der Waals surface area (Å²) in [7, 11) is 0. The van der Waals surface area contributed by atoms with E-state index < -0.39 is 5.54 Å². The summed E-state index contributed by atoms with van der Waals surface area (Å²) < 4.78 is 1.02. The summed E-state index contributed by atoms with van der Waals surface area (Å²) in [6, 6.07) is 7.60. The van der Waals surface area contributed by atoms with Crippen molar-refractivity contribution in [1.82, 2.24) is 15.5 Å². The van der Waals surface area contributed by atoms with E-state index in [1.807, 2.05) is 31.2 Å². The van der Waals surface area contributed by atoms with Crippen molar-refractivity contribution < 1.29 is 14.4 Å². The molecular formula is C20H26BrN3O3. The number of nitrogens with one attached hydrogen (secondary N) is 2. The van der Waals surface area contributed by atoms with E-state index in [-0.39, 0.29) is 36.9 Å². The molecule has 2 fully saturated rings. The fourth-order valence-corrected chi connectivity index (χ4v) is 4.22. The average Bonchev–Trinajstić information content (AvgIpc) is 2.85. The van der Waals surface area contributed by atoms with Crippen LogP contribution in [-0.2, 0) is 16.0 Å². The van der Waals surface area contributed by atoms with Crippen molar-refractivity contribution in [2.75, 3.05) is 6.54 Å². The largest absolute Gasteiger partial charge is 0.353 e. The number of carbonyl (C=O) groups is 3. The molecule has 6 nitrogen and oxygen atoms in total. The molecule has 1 aliphatic carbocycles. The monoisotopic (exact) mass is 435 g/mol. The van der Waals surface area contributed by atoms with E-state index in [0.717, 1.165) is 35.7 Å². The Morgan fingerprint density at radius 2 is 1.89 bits per heavy atom. The zero-order chi connectivity index (χ0) is 19.4. The van der Waals surface area contributed by atoms with Crippen molar-refractivity contribution in [3.05, 3.63) is 34.3 Å². The molecule has 4 amide bonds. The molecule has 0 bridgehead atoms. The van der Waals surface area contributed by atoms with Gasteiger partial charge >= 0.3 is 6.03 Å². The summed E-state index contributed by atoms with van der Waals surface area (Å²) >= 11 is 3.41. The van der Waals surface area contributed by atoms with Crippen LogP contribution in [0.3, 0.4) is 0 Å². The lowest BCUT2D eigenvalue weighted by atomic mass is 9.82. The van der Waals surface area contributed by atoms with Crippen molar-refractivity contribution in [2.45, 2.75) is 63.5 Å². The van der Waals surface area contributed by atoms with E-state index in [1.54, 1.807) is 0 Å². The molecule has 27 heavy (non-hydrogen) atoms. The van der Waals surface area contributed by atoms with Crippen molar-refractivity contribution in [3.63, 3.8) is 0 Å². The summed E-state index contributed by atoms with van der Waals surface area (Å²) in [4.78, 5) is 38.4. The second kappa shape index (κ2) is 8.42. The Hall–Kier alpha value is -1.89. The number of halogens is 1. The highest BCUT2D eigenvalue weighted by atomic mass is 79.9.